The van der Waals surface area contributed by atoms with Gasteiger partial charge in [0.05, 0.1) is 0 Å². The van der Waals surface area contributed by atoms with Crippen molar-refractivity contribution in [3.63, 3.8) is 0 Å². The van der Waals surface area contributed by atoms with Crippen molar-refractivity contribution in [1.82, 2.24) is 0 Å². The fourth-order valence-electron chi connectivity index (χ4n) is 7.18. The lowest BCUT2D eigenvalue weighted by Gasteiger charge is -2.60. The second-order valence-electron chi connectivity index (χ2n) is 9.35. The summed E-state index contributed by atoms with van der Waals surface area (Å²) in [5.41, 5.74) is 0.337. The summed E-state index contributed by atoms with van der Waals surface area (Å²) >= 11 is 0. The van der Waals surface area contributed by atoms with Gasteiger partial charge in [-0.1, -0.05) is 20.8 Å². The van der Waals surface area contributed by atoms with E-state index in [1.807, 2.05) is 0 Å². The summed E-state index contributed by atoms with van der Waals surface area (Å²) in [6, 6.07) is 0. The Morgan fingerprint density at radius 2 is 1.77 bits per heavy atom. The van der Waals surface area contributed by atoms with Crippen molar-refractivity contribution >= 4 is 11.6 Å². The molecule has 2 heteroatoms. The summed E-state index contributed by atoms with van der Waals surface area (Å²) in [4.78, 5) is 24.6. The Morgan fingerprint density at radius 1 is 1.00 bits per heavy atom. The van der Waals surface area contributed by atoms with E-state index in [1.54, 1.807) is 0 Å². The number of hydrogen-bond donors (Lipinski definition) is 0. The molecule has 4 rings (SSSR count). The van der Waals surface area contributed by atoms with Crippen LogP contribution in [0.2, 0.25) is 0 Å². The molecule has 0 aromatic heterocycles. The van der Waals surface area contributed by atoms with Crippen LogP contribution >= 0.6 is 0 Å². The zero-order chi connectivity index (χ0) is 15.7. The van der Waals surface area contributed by atoms with Crippen LogP contribution in [0.15, 0.2) is 0 Å². The van der Waals surface area contributed by atoms with Crippen molar-refractivity contribution in [2.24, 2.45) is 40.4 Å². The first-order valence-corrected chi connectivity index (χ1v) is 9.42. The van der Waals surface area contributed by atoms with E-state index in [-0.39, 0.29) is 11.3 Å². The normalized spacial score (nSPS) is 54.6. The third kappa shape index (κ3) is 1.79. The zero-order valence-electron chi connectivity index (χ0n) is 14.4. The first kappa shape index (κ1) is 14.9. The van der Waals surface area contributed by atoms with E-state index in [1.165, 1.54) is 19.3 Å². The quantitative estimate of drug-likeness (QED) is 0.664. The van der Waals surface area contributed by atoms with E-state index in [0.29, 0.717) is 28.8 Å². The van der Waals surface area contributed by atoms with Gasteiger partial charge < -0.3 is 0 Å². The molecule has 2 nitrogen and oxygen atoms in total. The van der Waals surface area contributed by atoms with Gasteiger partial charge in [-0.25, -0.2) is 0 Å². The number of carbonyl (C=O) groups excluding carboxylic acids is 2. The van der Waals surface area contributed by atoms with Crippen LogP contribution in [0.5, 0.6) is 0 Å². The molecular weight excluding hydrogens is 272 g/mol. The maximum Gasteiger partial charge on any atom is 0.139 e. The SMILES string of the molecule is C[C@H]1C[C@@]2(C)[C@@H](CC[C@@H]3[C@@H]2CC[C@]2(C)C(=O)CC[C@@H]32)CC1=O. The molecule has 0 radical (unpaired) electrons. The second kappa shape index (κ2) is 4.68. The van der Waals surface area contributed by atoms with Gasteiger partial charge in [-0.3, -0.25) is 9.59 Å². The zero-order valence-corrected chi connectivity index (χ0v) is 14.4. The highest BCUT2D eigenvalue weighted by molar-refractivity contribution is 5.87. The van der Waals surface area contributed by atoms with Gasteiger partial charge in [-0.05, 0) is 67.6 Å². The van der Waals surface area contributed by atoms with E-state index in [0.717, 1.165) is 43.9 Å². The van der Waals surface area contributed by atoms with Crippen LogP contribution in [0.1, 0.15) is 72.1 Å². The summed E-state index contributed by atoms with van der Waals surface area (Å²) in [6.07, 6.45) is 8.67. The van der Waals surface area contributed by atoms with Crippen molar-refractivity contribution in [3.05, 3.63) is 0 Å². The number of carbonyl (C=O) groups is 2. The summed E-state index contributed by atoms with van der Waals surface area (Å²) in [5, 5.41) is 0. The smallest absolute Gasteiger partial charge is 0.139 e. The van der Waals surface area contributed by atoms with Crippen LogP contribution in [-0.4, -0.2) is 11.6 Å². The Kier molecular flexibility index (Phi) is 3.17. The van der Waals surface area contributed by atoms with E-state index < -0.39 is 0 Å². The number of Topliss-reactive ketones (excluding diaryl/α,β-unsaturated/α-hetero) is 2. The third-order valence-corrected chi connectivity index (χ3v) is 8.52. The highest BCUT2D eigenvalue weighted by atomic mass is 16.1. The van der Waals surface area contributed by atoms with Crippen LogP contribution in [0.25, 0.3) is 0 Å². The average Bonchev–Trinajstić information content (AvgIpc) is 2.77. The van der Waals surface area contributed by atoms with Crippen molar-refractivity contribution in [3.8, 4) is 0 Å². The lowest BCUT2D eigenvalue weighted by molar-refractivity contribution is -0.149. The summed E-state index contributed by atoms with van der Waals surface area (Å²) in [6.45, 7) is 6.88. The fraction of sp³-hybridized carbons (Fsp3) is 0.900. The molecular formula is C20H30O2. The van der Waals surface area contributed by atoms with Crippen LogP contribution in [0, 0.1) is 40.4 Å². The largest absolute Gasteiger partial charge is 0.299 e. The van der Waals surface area contributed by atoms with E-state index in [9.17, 15) is 9.59 Å². The first-order valence-electron chi connectivity index (χ1n) is 9.42. The van der Waals surface area contributed by atoms with Gasteiger partial charge in [0.15, 0.2) is 0 Å². The highest BCUT2D eigenvalue weighted by Crippen LogP contribution is 2.65. The molecule has 0 N–H and O–H groups in total. The molecule has 0 aliphatic heterocycles. The molecule has 0 heterocycles. The number of fused-ring (bicyclic) bond motifs is 5. The van der Waals surface area contributed by atoms with E-state index in [2.05, 4.69) is 20.8 Å². The predicted molar refractivity (Wildman–Crippen MR) is 86.3 cm³/mol. The number of hydrogen-bond acceptors (Lipinski definition) is 2. The molecule has 22 heavy (non-hydrogen) atoms. The monoisotopic (exact) mass is 302 g/mol. The van der Waals surface area contributed by atoms with Gasteiger partial charge in [-0.2, -0.15) is 0 Å². The first-order chi connectivity index (χ1) is 10.4. The van der Waals surface area contributed by atoms with Gasteiger partial charge in [0.1, 0.15) is 11.6 Å². The average molecular weight is 302 g/mol. The molecule has 4 saturated carbocycles. The minimum Gasteiger partial charge on any atom is -0.299 e. The number of ketones is 2. The van der Waals surface area contributed by atoms with Crippen molar-refractivity contribution in [2.45, 2.75) is 72.1 Å². The van der Waals surface area contributed by atoms with Gasteiger partial charge in [0.25, 0.3) is 0 Å². The molecule has 0 spiro atoms. The molecule has 0 aromatic carbocycles. The Hall–Kier alpha value is -0.660. The molecule has 122 valence electrons. The molecule has 4 fully saturated rings. The molecule has 0 saturated heterocycles. The third-order valence-electron chi connectivity index (χ3n) is 8.52. The minimum atomic E-state index is -0.0134. The second-order valence-corrected chi connectivity index (χ2v) is 9.35. The molecule has 7 atom stereocenters. The van der Waals surface area contributed by atoms with Crippen molar-refractivity contribution in [2.75, 3.05) is 0 Å². The Morgan fingerprint density at radius 3 is 2.55 bits per heavy atom. The maximum absolute atomic E-state index is 12.4. The van der Waals surface area contributed by atoms with Gasteiger partial charge in [0.2, 0.25) is 0 Å². The minimum absolute atomic E-state index is 0.0134. The predicted octanol–water partition coefficient (Wildman–Crippen LogP) is 4.41. The van der Waals surface area contributed by atoms with Crippen LogP contribution in [-0.2, 0) is 9.59 Å². The Balaban J connectivity index is 1.66. The van der Waals surface area contributed by atoms with Gasteiger partial charge >= 0.3 is 0 Å². The molecule has 0 aromatic rings. The summed E-state index contributed by atoms with van der Waals surface area (Å²) in [7, 11) is 0. The molecule has 4 aliphatic carbocycles. The highest BCUT2D eigenvalue weighted by Gasteiger charge is 2.60. The Bertz CT molecular complexity index is 524. The molecule has 0 amide bonds. The van der Waals surface area contributed by atoms with Crippen molar-refractivity contribution in [1.29, 1.82) is 0 Å². The molecule has 0 unspecified atom stereocenters. The van der Waals surface area contributed by atoms with Crippen LogP contribution < -0.4 is 0 Å². The van der Waals surface area contributed by atoms with Crippen LogP contribution in [0.4, 0.5) is 0 Å². The standard InChI is InChI=1S/C20H30O2/c1-12-11-20(3)13(10-17(12)21)4-5-14-15-6-7-18(22)19(15,2)9-8-16(14)20/h12-16H,4-11H2,1-3H3/t12-,13-,14-,15-,16-,19-,20-/m0/s1. The lowest BCUT2D eigenvalue weighted by atomic mass is 9.44. The molecule has 4 aliphatic rings. The maximum atomic E-state index is 12.4. The Labute approximate surface area is 134 Å². The fourth-order valence-corrected chi connectivity index (χ4v) is 7.18. The van der Waals surface area contributed by atoms with Gasteiger partial charge in [-0.15, -0.1) is 0 Å². The van der Waals surface area contributed by atoms with Gasteiger partial charge in [0, 0.05) is 24.2 Å². The summed E-state index contributed by atoms with van der Waals surface area (Å²) in [5.74, 6) is 4.02. The number of rotatable bonds is 0. The van der Waals surface area contributed by atoms with E-state index in [4.69, 9.17) is 0 Å². The summed E-state index contributed by atoms with van der Waals surface area (Å²) < 4.78 is 0. The van der Waals surface area contributed by atoms with Crippen LogP contribution in [0.3, 0.4) is 0 Å². The lowest BCUT2D eigenvalue weighted by Crippen LogP contribution is -2.54. The van der Waals surface area contributed by atoms with Crippen molar-refractivity contribution < 1.29 is 9.59 Å². The topological polar surface area (TPSA) is 34.1 Å². The van der Waals surface area contributed by atoms with E-state index >= 15 is 0 Å². The molecule has 0 bridgehead atoms.